The van der Waals surface area contributed by atoms with Crippen LogP contribution in [0.5, 0.6) is 11.8 Å². The number of nitrogens with one attached hydrogen (secondary N) is 1. The van der Waals surface area contributed by atoms with Crippen LogP contribution in [-0.2, 0) is 6.54 Å². The van der Waals surface area contributed by atoms with Gasteiger partial charge in [-0.1, -0.05) is 12.1 Å². The Kier molecular flexibility index (Phi) is 5.27. The summed E-state index contributed by atoms with van der Waals surface area (Å²) in [6.07, 6.45) is 0.594. The number of hydrogen-bond acceptors (Lipinski definition) is 5. The lowest BCUT2D eigenvalue weighted by molar-refractivity contribution is 0.181. The molecule has 1 N–H and O–H groups in total. The van der Waals surface area contributed by atoms with E-state index >= 15 is 0 Å². The minimum Gasteiger partial charge on any atom is -0.480 e. The van der Waals surface area contributed by atoms with Crippen LogP contribution < -0.4 is 14.8 Å². The van der Waals surface area contributed by atoms with Crippen LogP contribution in [0.3, 0.4) is 0 Å². The molecule has 0 aliphatic carbocycles. The van der Waals surface area contributed by atoms with Gasteiger partial charge in [-0.05, 0) is 17.7 Å². The summed E-state index contributed by atoms with van der Waals surface area (Å²) in [5.41, 5.74) is 0.843. The minimum atomic E-state index is -0.295. The third-order valence-corrected chi connectivity index (χ3v) is 3.90. The second kappa shape index (κ2) is 7.78. The molecule has 7 nitrogen and oxygen atoms in total. The highest BCUT2D eigenvalue weighted by molar-refractivity contribution is 5.74. The average molecular weight is 346 g/mol. The fourth-order valence-corrected chi connectivity index (χ4v) is 2.55. The summed E-state index contributed by atoms with van der Waals surface area (Å²) in [7, 11) is 1.52. The number of amides is 2. The molecular formula is C17H19FN4O3. The fourth-order valence-electron chi connectivity index (χ4n) is 2.55. The van der Waals surface area contributed by atoms with Crippen molar-refractivity contribution >= 4 is 6.03 Å². The molecule has 1 aromatic heterocycles. The van der Waals surface area contributed by atoms with Crippen molar-refractivity contribution in [3.63, 3.8) is 0 Å². The number of hydrogen-bond donors (Lipinski definition) is 1. The van der Waals surface area contributed by atoms with E-state index < -0.39 is 0 Å². The maximum Gasteiger partial charge on any atom is 0.317 e. The Labute approximate surface area is 144 Å². The van der Waals surface area contributed by atoms with E-state index in [1.165, 1.54) is 19.2 Å². The molecule has 132 valence electrons. The van der Waals surface area contributed by atoms with Crippen molar-refractivity contribution < 1.29 is 18.7 Å². The number of ether oxygens (including phenoxy) is 2. The lowest BCUT2D eigenvalue weighted by atomic mass is 10.2. The predicted octanol–water partition coefficient (Wildman–Crippen LogP) is 1.99. The van der Waals surface area contributed by atoms with Gasteiger partial charge in [0.15, 0.2) is 0 Å². The first-order chi connectivity index (χ1) is 12.1. The van der Waals surface area contributed by atoms with Crippen molar-refractivity contribution in [2.45, 2.75) is 19.1 Å². The maximum atomic E-state index is 12.9. The van der Waals surface area contributed by atoms with Gasteiger partial charge in [0.25, 0.3) is 0 Å². The summed E-state index contributed by atoms with van der Waals surface area (Å²) in [6.45, 7) is 1.43. The first-order valence-corrected chi connectivity index (χ1v) is 7.95. The third kappa shape index (κ3) is 4.56. The summed E-state index contributed by atoms with van der Waals surface area (Å²) in [5.74, 6) is 0.524. The van der Waals surface area contributed by atoms with Gasteiger partial charge >= 0.3 is 6.03 Å². The minimum absolute atomic E-state index is 0.126. The molecule has 1 saturated heterocycles. The number of benzene rings is 1. The lowest BCUT2D eigenvalue weighted by Crippen LogP contribution is -2.39. The van der Waals surface area contributed by atoms with Crippen molar-refractivity contribution in [1.82, 2.24) is 20.4 Å². The number of methoxy groups -OCH3 is 1. The van der Waals surface area contributed by atoms with Crippen LogP contribution in [0.25, 0.3) is 0 Å². The van der Waals surface area contributed by atoms with Gasteiger partial charge in [0, 0.05) is 31.6 Å². The smallest absolute Gasteiger partial charge is 0.317 e. The highest BCUT2D eigenvalue weighted by Gasteiger charge is 2.27. The highest BCUT2D eigenvalue weighted by atomic mass is 19.1. The second-order valence-corrected chi connectivity index (χ2v) is 5.67. The first kappa shape index (κ1) is 16.9. The summed E-state index contributed by atoms with van der Waals surface area (Å²) < 4.78 is 23.6. The van der Waals surface area contributed by atoms with Crippen molar-refractivity contribution in [2.24, 2.45) is 0 Å². The summed E-state index contributed by atoms with van der Waals surface area (Å²) in [5, 5.41) is 10.6. The van der Waals surface area contributed by atoms with Crippen molar-refractivity contribution in [1.29, 1.82) is 0 Å². The van der Waals surface area contributed by atoms with E-state index in [-0.39, 0.29) is 18.0 Å². The van der Waals surface area contributed by atoms with E-state index in [1.54, 1.807) is 29.2 Å². The molecule has 1 atom stereocenters. The Balaban J connectivity index is 1.46. The Morgan fingerprint density at radius 1 is 1.24 bits per heavy atom. The van der Waals surface area contributed by atoms with Gasteiger partial charge in [0.2, 0.25) is 11.8 Å². The second-order valence-electron chi connectivity index (χ2n) is 5.67. The molecule has 2 heterocycles. The molecule has 2 aromatic rings. The molecule has 1 unspecified atom stereocenters. The molecule has 8 heteroatoms. The number of aromatic nitrogens is 2. The van der Waals surface area contributed by atoms with Crippen molar-refractivity contribution in [3.8, 4) is 11.8 Å². The molecule has 0 radical (unpaired) electrons. The standard InChI is InChI=1S/C17H19FN4O3/c1-24-15-6-7-16(21-20-15)25-14-8-9-22(11-14)17(23)19-10-12-2-4-13(18)5-3-12/h2-7,14H,8-11H2,1H3,(H,19,23). The van der Waals surface area contributed by atoms with Crippen LogP contribution in [0, 0.1) is 5.82 Å². The third-order valence-electron chi connectivity index (χ3n) is 3.90. The molecule has 1 fully saturated rings. The van der Waals surface area contributed by atoms with E-state index in [1.807, 2.05) is 0 Å². The number of rotatable bonds is 5. The topological polar surface area (TPSA) is 76.6 Å². The summed E-state index contributed by atoms with van der Waals surface area (Å²) in [6, 6.07) is 9.22. The Bertz CT molecular complexity index is 709. The molecule has 0 spiro atoms. The Morgan fingerprint density at radius 2 is 1.96 bits per heavy atom. The lowest BCUT2D eigenvalue weighted by Gasteiger charge is -2.17. The monoisotopic (exact) mass is 346 g/mol. The number of urea groups is 1. The molecule has 0 bridgehead atoms. The predicted molar refractivity (Wildman–Crippen MR) is 87.8 cm³/mol. The van der Waals surface area contributed by atoms with Crippen molar-refractivity contribution in [3.05, 3.63) is 47.8 Å². The zero-order valence-electron chi connectivity index (χ0n) is 13.8. The van der Waals surface area contributed by atoms with Crippen LogP contribution in [-0.4, -0.2) is 47.4 Å². The SMILES string of the molecule is COc1ccc(OC2CCN(C(=O)NCc3ccc(F)cc3)C2)nn1. The van der Waals surface area contributed by atoms with Gasteiger partial charge in [-0.15, -0.1) is 10.2 Å². The largest absolute Gasteiger partial charge is 0.480 e. The molecule has 2 amide bonds. The van der Waals surface area contributed by atoms with Gasteiger partial charge < -0.3 is 19.7 Å². The van der Waals surface area contributed by atoms with E-state index in [9.17, 15) is 9.18 Å². The first-order valence-electron chi connectivity index (χ1n) is 7.95. The zero-order valence-corrected chi connectivity index (χ0v) is 13.8. The molecular weight excluding hydrogens is 327 g/mol. The molecule has 25 heavy (non-hydrogen) atoms. The van der Waals surface area contributed by atoms with Crippen LogP contribution in [0.1, 0.15) is 12.0 Å². The molecule has 3 rings (SSSR count). The van der Waals surface area contributed by atoms with Gasteiger partial charge in [0.1, 0.15) is 11.9 Å². The zero-order chi connectivity index (χ0) is 17.6. The molecule has 1 aliphatic rings. The number of carbonyl (C=O) groups excluding carboxylic acids is 1. The fraction of sp³-hybridized carbons (Fsp3) is 0.353. The Hall–Kier alpha value is -2.90. The number of halogens is 1. The van der Waals surface area contributed by atoms with E-state index in [4.69, 9.17) is 9.47 Å². The highest BCUT2D eigenvalue weighted by Crippen LogP contribution is 2.17. The maximum absolute atomic E-state index is 12.9. The number of carbonyl (C=O) groups is 1. The number of likely N-dealkylation sites (tertiary alicyclic amines) is 1. The van der Waals surface area contributed by atoms with Crippen LogP contribution in [0.2, 0.25) is 0 Å². The molecule has 1 aliphatic heterocycles. The summed E-state index contributed by atoms with van der Waals surface area (Å²) >= 11 is 0. The quantitative estimate of drug-likeness (QED) is 0.896. The van der Waals surface area contributed by atoms with E-state index in [0.29, 0.717) is 31.4 Å². The summed E-state index contributed by atoms with van der Waals surface area (Å²) in [4.78, 5) is 13.9. The van der Waals surface area contributed by atoms with Crippen molar-refractivity contribution in [2.75, 3.05) is 20.2 Å². The number of nitrogens with zero attached hydrogens (tertiary/aromatic N) is 3. The van der Waals surface area contributed by atoms with E-state index in [0.717, 1.165) is 12.0 Å². The normalized spacial score (nSPS) is 16.6. The molecule has 0 saturated carbocycles. The van der Waals surface area contributed by atoms with Crippen LogP contribution in [0.4, 0.5) is 9.18 Å². The van der Waals surface area contributed by atoms with E-state index in [2.05, 4.69) is 15.5 Å². The van der Waals surface area contributed by atoms with Crippen LogP contribution in [0.15, 0.2) is 36.4 Å². The van der Waals surface area contributed by atoms with Crippen LogP contribution >= 0.6 is 0 Å². The average Bonchev–Trinajstić information content (AvgIpc) is 3.10. The van der Waals surface area contributed by atoms with Gasteiger partial charge in [-0.25, -0.2) is 9.18 Å². The van der Waals surface area contributed by atoms with Gasteiger partial charge in [-0.3, -0.25) is 0 Å². The van der Waals surface area contributed by atoms with Gasteiger partial charge in [-0.2, -0.15) is 0 Å². The molecule has 1 aromatic carbocycles. The Morgan fingerprint density at radius 3 is 2.64 bits per heavy atom. The van der Waals surface area contributed by atoms with Gasteiger partial charge in [0.05, 0.1) is 13.7 Å².